The van der Waals surface area contributed by atoms with Crippen molar-refractivity contribution in [1.82, 2.24) is 24.2 Å². The molecule has 0 spiro atoms. The van der Waals surface area contributed by atoms with E-state index in [9.17, 15) is 0 Å². The Morgan fingerprint density at radius 1 is 1.17 bits per heavy atom. The van der Waals surface area contributed by atoms with Gasteiger partial charge in [-0.2, -0.15) is 10.4 Å². The monoisotopic (exact) mass is 318 g/mol. The largest absolute Gasteiger partial charge is 0.328 e. The second-order valence-corrected chi connectivity index (χ2v) is 6.04. The molecular weight excluding hydrogens is 300 g/mol. The van der Waals surface area contributed by atoms with E-state index in [-0.39, 0.29) is 0 Å². The molecule has 6 heteroatoms. The van der Waals surface area contributed by atoms with E-state index in [1.807, 2.05) is 41.3 Å². The Bertz CT molecular complexity index is 871. The van der Waals surface area contributed by atoms with Crippen molar-refractivity contribution >= 4 is 0 Å². The van der Waals surface area contributed by atoms with Gasteiger partial charge in [-0.25, -0.2) is 4.98 Å². The minimum atomic E-state index is 0.715. The van der Waals surface area contributed by atoms with Gasteiger partial charge in [-0.15, -0.1) is 0 Å². The number of nitriles is 1. The lowest BCUT2D eigenvalue weighted by molar-refractivity contribution is 0.207. The summed E-state index contributed by atoms with van der Waals surface area (Å²) in [7, 11) is 0. The molecule has 0 saturated heterocycles. The molecule has 0 amide bonds. The quantitative estimate of drug-likeness (QED) is 0.738. The van der Waals surface area contributed by atoms with E-state index in [1.165, 1.54) is 11.3 Å². The fourth-order valence-corrected chi connectivity index (χ4v) is 3.19. The molecule has 1 aliphatic rings. The number of benzene rings is 1. The smallest absolute Gasteiger partial charge is 0.123 e. The Kier molecular flexibility index (Phi) is 3.85. The molecule has 6 nitrogen and oxygen atoms in total. The molecule has 4 rings (SSSR count). The normalized spacial score (nSPS) is 14.3. The van der Waals surface area contributed by atoms with Crippen molar-refractivity contribution in [3.63, 3.8) is 0 Å². The zero-order valence-electron chi connectivity index (χ0n) is 13.3. The van der Waals surface area contributed by atoms with E-state index in [4.69, 9.17) is 5.26 Å². The van der Waals surface area contributed by atoms with Crippen LogP contribution in [0.2, 0.25) is 0 Å². The van der Waals surface area contributed by atoms with Gasteiger partial charge in [0.1, 0.15) is 5.82 Å². The Morgan fingerprint density at radius 3 is 2.96 bits per heavy atom. The zero-order chi connectivity index (χ0) is 16.4. The van der Waals surface area contributed by atoms with Crippen LogP contribution in [-0.2, 0) is 26.2 Å². The first-order chi connectivity index (χ1) is 11.8. The summed E-state index contributed by atoms with van der Waals surface area (Å²) in [5.41, 5.74) is 3.08. The van der Waals surface area contributed by atoms with Gasteiger partial charge in [0.25, 0.3) is 0 Å². The van der Waals surface area contributed by atoms with Crippen LogP contribution in [-0.4, -0.2) is 30.8 Å². The summed E-state index contributed by atoms with van der Waals surface area (Å²) in [6.07, 6.45) is 5.72. The number of rotatable bonds is 4. The molecule has 24 heavy (non-hydrogen) atoms. The predicted molar refractivity (Wildman–Crippen MR) is 88.8 cm³/mol. The van der Waals surface area contributed by atoms with Crippen molar-refractivity contribution in [3.05, 3.63) is 71.6 Å². The molecule has 0 bridgehead atoms. The van der Waals surface area contributed by atoms with Gasteiger partial charge >= 0.3 is 0 Å². The molecule has 0 radical (unpaired) electrons. The van der Waals surface area contributed by atoms with E-state index in [0.717, 1.165) is 38.5 Å². The number of hydrogen-bond donors (Lipinski definition) is 0. The molecule has 3 heterocycles. The standard InChI is InChI=1S/C18H18N6/c19-10-15-3-1-4-16(9-15)12-22-7-8-24-17(11-20-18(24)14-22)13-23-6-2-5-21-23/h1-6,9,11H,7-8,12-14H2. The average molecular weight is 318 g/mol. The fraction of sp³-hybridized carbons (Fsp3) is 0.278. The third-order valence-electron chi connectivity index (χ3n) is 4.37. The van der Waals surface area contributed by atoms with Crippen molar-refractivity contribution in [2.75, 3.05) is 6.54 Å². The molecule has 1 aliphatic heterocycles. The van der Waals surface area contributed by atoms with Crippen molar-refractivity contribution in [3.8, 4) is 6.07 Å². The third-order valence-corrected chi connectivity index (χ3v) is 4.37. The highest BCUT2D eigenvalue weighted by atomic mass is 15.3. The summed E-state index contributed by atoms with van der Waals surface area (Å²) >= 11 is 0. The van der Waals surface area contributed by atoms with Crippen molar-refractivity contribution in [1.29, 1.82) is 5.26 Å². The van der Waals surface area contributed by atoms with E-state index in [1.54, 1.807) is 6.20 Å². The highest BCUT2D eigenvalue weighted by molar-refractivity contribution is 5.32. The highest BCUT2D eigenvalue weighted by Crippen LogP contribution is 2.17. The minimum absolute atomic E-state index is 0.715. The molecule has 0 unspecified atom stereocenters. The predicted octanol–water partition coefficient (Wildman–Crippen LogP) is 2.02. The summed E-state index contributed by atoms with van der Waals surface area (Å²) in [6, 6.07) is 12.0. The van der Waals surface area contributed by atoms with Crippen LogP contribution < -0.4 is 0 Å². The van der Waals surface area contributed by atoms with Gasteiger partial charge in [-0.05, 0) is 23.8 Å². The molecular formula is C18H18N6. The van der Waals surface area contributed by atoms with E-state index < -0.39 is 0 Å². The molecule has 0 fully saturated rings. The molecule has 0 aliphatic carbocycles. The second kappa shape index (κ2) is 6.30. The van der Waals surface area contributed by atoms with Crippen LogP contribution in [0.3, 0.4) is 0 Å². The SMILES string of the molecule is N#Cc1cccc(CN2CCn3c(Cn4cccn4)cnc3C2)c1. The van der Waals surface area contributed by atoms with Gasteiger partial charge in [0.15, 0.2) is 0 Å². The van der Waals surface area contributed by atoms with Crippen LogP contribution in [0.4, 0.5) is 0 Å². The first-order valence-electron chi connectivity index (χ1n) is 8.04. The van der Waals surface area contributed by atoms with Gasteiger partial charge < -0.3 is 4.57 Å². The van der Waals surface area contributed by atoms with Crippen LogP contribution >= 0.6 is 0 Å². The third kappa shape index (κ3) is 2.94. The Balaban J connectivity index is 1.46. The number of aromatic nitrogens is 4. The minimum Gasteiger partial charge on any atom is -0.328 e. The van der Waals surface area contributed by atoms with Gasteiger partial charge in [0, 0.05) is 32.0 Å². The topological polar surface area (TPSA) is 62.7 Å². The highest BCUT2D eigenvalue weighted by Gasteiger charge is 2.20. The first-order valence-corrected chi connectivity index (χ1v) is 8.04. The van der Waals surface area contributed by atoms with E-state index >= 15 is 0 Å². The van der Waals surface area contributed by atoms with Gasteiger partial charge in [-0.3, -0.25) is 9.58 Å². The van der Waals surface area contributed by atoms with Gasteiger partial charge in [-0.1, -0.05) is 12.1 Å². The summed E-state index contributed by atoms with van der Waals surface area (Å²) in [5.74, 6) is 1.10. The summed E-state index contributed by atoms with van der Waals surface area (Å²) < 4.78 is 4.22. The molecule has 0 atom stereocenters. The van der Waals surface area contributed by atoms with Crippen LogP contribution in [0, 0.1) is 11.3 Å². The molecule has 2 aromatic heterocycles. The molecule has 0 N–H and O–H groups in total. The van der Waals surface area contributed by atoms with E-state index in [2.05, 4.69) is 31.7 Å². The molecule has 120 valence electrons. The van der Waals surface area contributed by atoms with Crippen LogP contribution in [0.5, 0.6) is 0 Å². The maximum absolute atomic E-state index is 9.02. The molecule has 0 saturated carbocycles. The van der Waals surface area contributed by atoms with Gasteiger partial charge in [0.2, 0.25) is 0 Å². The summed E-state index contributed by atoms with van der Waals surface area (Å²) in [4.78, 5) is 6.96. The van der Waals surface area contributed by atoms with Crippen molar-refractivity contribution in [2.24, 2.45) is 0 Å². The number of nitrogens with zero attached hydrogens (tertiary/aromatic N) is 6. The lowest BCUT2D eigenvalue weighted by atomic mass is 10.1. The molecule has 1 aromatic carbocycles. The van der Waals surface area contributed by atoms with Crippen LogP contribution in [0.1, 0.15) is 22.6 Å². The fourth-order valence-electron chi connectivity index (χ4n) is 3.19. The zero-order valence-corrected chi connectivity index (χ0v) is 13.3. The first kappa shape index (κ1) is 14.7. The Morgan fingerprint density at radius 2 is 2.12 bits per heavy atom. The average Bonchev–Trinajstić information content (AvgIpc) is 3.25. The lowest BCUT2D eigenvalue weighted by Crippen LogP contribution is -2.34. The number of imidazole rings is 1. The van der Waals surface area contributed by atoms with Crippen molar-refractivity contribution in [2.45, 2.75) is 26.2 Å². The summed E-state index contributed by atoms with van der Waals surface area (Å²) in [6.45, 7) is 4.34. The van der Waals surface area contributed by atoms with Gasteiger partial charge in [0.05, 0.1) is 36.6 Å². The maximum Gasteiger partial charge on any atom is 0.123 e. The molecule has 3 aromatic rings. The summed E-state index contributed by atoms with van der Waals surface area (Å²) in [5, 5.41) is 13.3. The Labute approximate surface area is 140 Å². The van der Waals surface area contributed by atoms with Crippen LogP contribution in [0.25, 0.3) is 0 Å². The van der Waals surface area contributed by atoms with Crippen LogP contribution in [0.15, 0.2) is 48.9 Å². The number of hydrogen-bond acceptors (Lipinski definition) is 4. The lowest BCUT2D eigenvalue weighted by Gasteiger charge is -2.28. The maximum atomic E-state index is 9.02. The van der Waals surface area contributed by atoms with E-state index in [0.29, 0.717) is 5.56 Å². The number of fused-ring (bicyclic) bond motifs is 1. The second-order valence-electron chi connectivity index (χ2n) is 6.04. The van der Waals surface area contributed by atoms with Crippen molar-refractivity contribution < 1.29 is 0 Å². The Hall–Kier alpha value is -2.91.